The summed E-state index contributed by atoms with van der Waals surface area (Å²) in [6.07, 6.45) is 2.66. The van der Waals surface area contributed by atoms with E-state index in [1.807, 2.05) is 20.8 Å². The van der Waals surface area contributed by atoms with Crippen molar-refractivity contribution in [2.24, 2.45) is 0 Å². The van der Waals surface area contributed by atoms with E-state index < -0.39 is 0 Å². The van der Waals surface area contributed by atoms with Gasteiger partial charge in [0.1, 0.15) is 5.52 Å². The Morgan fingerprint density at radius 3 is 2.67 bits per heavy atom. The molecule has 1 aliphatic carbocycles. The van der Waals surface area contributed by atoms with Crippen LogP contribution in [0.5, 0.6) is 0 Å². The standard InChI is InChI=1S/C11H11NO.C2H6/c1-7-12-10-5-4-9(8-2-3-8)6-11(10)13-7;1-2/h4-6,8H,2-3H2,1H3;1-2H3. The first-order valence-electron chi connectivity index (χ1n) is 5.70. The van der Waals surface area contributed by atoms with Crippen LogP contribution in [0.2, 0.25) is 0 Å². The molecule has 1 heterocycles. The minimum atomic E-state index is 0.753. The topological polar surface area (TPSA) is 26.0 Å². The summed E-state index contributed by atoms with van der Waals surface area (Å²) in [6, 6.07) is 6.36. The molecule has 0 N–H and O–H groups in total. The monoisotopic (exact) mass is 203 g/mol. The lowest BCUT2D eigenvalue weighted by molar-refractivity contribution is 0.560. The zero-order valence-corrected chi connectivity index (χ0v) is 9.58. The van der Waals surface area contributed by atoms with Gasteiger partial charge in [0.05, 0.1) is 0 Å². The fraction of sp³-hybridized carbons (Fsp3) is 0.462. The third-order valence-electron chi connectivity index (χ3n) is 2.57. The molecule has 0 radical (unpaired) electrons. The Labute approximate surface area is 90.3 Å². The molecular weight excluding hydrogens is 186 g/mol. The van der Waals surface area contributed by atoms with Crippen LogP contribution in [0.15, 0.2) is 22.6 Å². The first-order valence-corrected chi connectivity index (χ1v) is 5.70. The number of fused-ring (bicyclic) bond motifs is 1. The lowest BCUT2D eigenvalue weighted by Crippen LogP contribution is -1.77. The van der Waals surface area contributed by atoms with Gasteiger partial charge in [0.2, 0.25) is 0 Å². The van der Waals surface area contributed by atoms with Crippen molar-refractivity contribution < 1.29 is 4.42 Å². The van der Waals surface area contributed by atoms with Crippen molar-refractivity contribution in [1.82, 2.24) is 4.98 Å². The van der Waals surface area contributed by atoms with Gasteiger partial charge in [-0.05, 0) is 36.5 Å². The number of oxazole rings is 1. The number of rotatable bonds is 1. The molecule has 2 nitrogen and oxygen atoms in total. The average Bonchev–Trinajstić information content (AvgIpc) is 3.02. The molecule has 2 heteroatoms. The van der Waals surface area contributed by atoms with Gasteiger partial charge in [0, 0.05) is 6.92 Å². The van der Waals surface area contributed by atoms with E-state index in [1.165, 1.54) is 18.4 Å². The van der Waals surface area contributed by atoms with Gasteiger partial charge in [0.15, 0.2) is 11.5 Å². The first-order chi connectivity index (χ1) is 7.33. The van der Waals surface area contributed by atoms with Crippen LogP contribution in [0.25, 0.3) is 11.1 Å². The van der Waals surface area contributed by atoms with Gasteiger partial charge in [0.25, 0.3) is 0 Å². The second-order valence-electron chi connectivity index (χ2n) is 3.73. The lowest BCUT2D eigenvalue weighted by atomic mass is 10.1. The minimum Gasteiger partial charge on any atom is -0.441 e. The molecule has 80 valence electrons. The van der Waals surface area contributed by atoms with Crippen molar-refractivity contribution >= 4 is 11.1 Å². The van der Waals surface area contributed by atoms with Gasteiger partial charge in [-0.15, -0.1) is 0 Å². The Morgan fingerprint density at radius 2 is 2.00 bits per heavy atom. The zero-order chi connectivity index (χ0) is 10.8. The molecule has 0 atom stereocenters. The van der Waals surface area contributed by atoms with Gasteiger partial charge in [-0.25, -0.2) is 4.98 Å². The smallest absolute Gasteiger partial charge is 0.192 e. The van der Waals surface area contributed by atoms with Gasteiger partial charge >= 0.3 is 0 Å². The number of hydrogen-bond acceptors (Lipinski definition) is 2. The van der Waals surface area contributed by atoms with Crippen LogP contribution in [0.1, 0.15) is 44.1 Å². The highest BCUT2D eigenvalue weighted by molar-refractivity contribution is 5.73. The third-order valence-corrected chi connectivity index (χ3v) is 2.57. The molecule has 0 bridgehead atoms. The van der Waals surface area contributed by atoms with E-state index in [0.29, 0.717) is 0 Å². The van der Waals surface area contributed by atoms with Crippen LogP contribution in [0, 0.1) is 6.92 Å². The second kappa shape index (κ2) is 4.05. The average molecular weight is 203 g/mol. The molecule has 0 saturated heterocycles. The molecular formula is C13H17NO. The van der Waals surface area contributed by atoms with Crippen LogP contribution >= 0.6 is 0 Å². The van der Waals surface area contributed by atoms with E-state index in [1.54, 1.807) is 0 Å². The van der Waals surface area contributed by atoms with E-state index in [-0.39, 0.29) is 0 Å². The first kappa shape index (κ1) is 10.2. The molecule has 3 rings (SSSR count). The predicted molar refractivity (Wildman–Crippen MR) is 62.1 cm³/mol. The molecule has 1 aliphatic rings. The summed E-state index contributed by atoms with van der Waals surface area (Å²) >= 11 is 0. The van der Waals surface area contributed by atoms with E-state index in [4.69, 9.17) is 4.42 Å². The molecule has 2 aromatic rings. The van der Waals surface area contributed by atoms with Crippen LogP contribution in [-0.4, -0.2) is 4.98 Å². The third kappa shape index (κ3) is 2.04. The van der Waals surface area contributed by atoms with Crippen molar-refractivity contribution in [1.29, 1.82) is 0 Å². The summed E-state index contributed by atoms with van der Waals surface area (Å²) in [6.45, 7) is 5.89. The molecule has 1 saturated carbocycles. The number of nitrogens with zero attached hydrogens (tertiary/aromatic N) is 1. The van der Waals surface area contributed by atoms with Crippen LogP contribution in [-0.2, 0) is 0 Å². The fourth-order valence-electron chi connectivity index (χ4n) is 1.73. The predicted octanol–water partition coefficient (Wildman–Crippen LogP) is 4.04. The lowest BCUT2D eigenvalue weighted by Gasteiger charge is -1.94. The van der Waals surface area contributed by atoms with E-state index in [0.717, 1.165) is 22.9 Å². The summed E-state index contributed by atoms with van der Waals surface area (Å²) in [4.78, 5) is 4.27. The summed E-state index contributed by atoms with van der Waals surface area (Å²) in [5, 5.41) is 0. The summed E-state index contributed by atoms with van der Waals surface area (Å²) < 4.78 is 5.48. The summed E-state index contributed by atoms with van der Waals surface area (Å²) in [7, 11) is 0. The van der Waals surface area contributed by atoms with Crippen molar-refractivity contribution in [3.63, 3.8) is 0 Å². The largest absolute Gasteiger partial charge is 0.441 e. The molecule has 0 aliphatic heterocycles. The number of hydrogen-bond donors (Lipinski definition) is 0. The Bertz CT molecular complexity index is 455. The highest BCUT2D eigenvalue weighted by atomic mass is 16.3. The SMILES string of the molecule is CC.Cc1nc2ccc(C3CC3)cc2o1. The Balaban J connectivity index is 0.000000404. The van der Waals surface area contributed by atoms with Gasteiger partial charge in [-0.1, -0.05) is 19.9 Å². The van der Waals surface area contributed by atoms with E-state index in [2.05, 4.69) is 23.2 Å². The Hall–Kier alpha value is -1.31. The van der Waals surface area contributed by atoms with Crippen LogP contribution in [0.4, 0.5) is 0 Å². The molecule has 1 aromatic carbocycles. The van der Waals surface area contributed by atoms with Gasteiger partial charge < -0.3 is 4.42 Å². The maximum absolute atomic E-state index is 5.48. The van der Waals surface area contributed by atoms with Crippen LogP contribution < -0.4 is 0 Å². The normalized spacial score (nSPS) is 14.9. The highest BCUT2D eigenvalue weighted by Crippen LogP contribution is 2.40. The zero-order valence-electron chi connectivity index (χ0n) is 9.58. The quantitative estimate of drug-likeness (QED) is 0.699. The number of benzene rings is 1. The summed E-state index contributed by atoms with van der Waals surface area (Å²) in [5.74, 6) is 1.54. The molecule has 0 amide bonds. The Morgan fingerprint density at radius 1 is 1.27 bits per heavy atom. The van der Waals surface area contributed by atoms with E-state index in [9.17, 15) is 0 Å². The molecule has 15 heavy (non-hydrogen) atoms. The maximum Gasteiger partial charge on any atom is 0.192 e. The molecule has 1 aromatic heterocycles. The van der Waals surface area contributed by atoms with Crippen molar-refractivity contribution in [3.8, 4) is 0 Å². The molecule has 1 fully saturated rings. The van der Waals surface area contributed by atoms with Crippen molar-refractivity contribution in [2.75, 3.05) is 0 Å². The number of aromatic nitrogens is 1. The molecule has 0 spiro atoms. The van der Waals surface area contributed by atoms with E-state index >= 15 is 0 Å². The highest BCUT2D eigenvalue weighted by Gasteiger charge is 2.23. The van der Waals surface area contributed by atoms with Gasteiger partial charge in [-0.3, -0.25) is 0 Å². The Kier molecular flexibility index (Phi) is 2.76. The van der Waals surface area contributed by atoms with Crippen molar-refractivity contribution in [2.45, 2.75) is 39.5 Å². The molecule has 0 unspecified atom stereocenters. The van der Waals surface area contributed by atoms with Gasteiger partial charge in [-0.2, -0.15) is 0 Å². The minimum absolute atomic E-state index is 0.753. The second-order valence-corrected chi connectivity index (χ2v) is 3.73. The van der Waals surface area contributed by atoms with Crippen molar-refractivity contribution in [3.05, 3.63) is 29.7 Å². The maximum atomic E-state index is 5.48. The fourth-order valence-corrected chi connectivity index (χ4v) is 1.73. The summed E-state index contributed by atoms with van der Waals surface area (Å²) in [5.41, 5.74) is 3.31. The van der Waals surface area contributed by atoms with Crippen LogP contribution in [0.3, 0.4) is 0 Å². The number of aryl methyl sites for hydroxylation is 1.